The van der Waals surface area contributed by atoms with Crippen molar-refractivity contribution >= 4 is 67.9 Å². The molecule has 0 radical (unpaired) electrons. The molecule has 10 heteroatoms. The number of hydrogen-bond acceptors (Lipinski definition) is 6. The van der Waals surface area contributed by atoms with Gasteiger partial charge in [-0.05, 0) is 51.2 Å². The Balaban J connectivity index is 1.82. The summed E-state index contributed by atoms with van der Waals surface area (Å²) < 4.78 is 11.2. The number of rotatable bonds is 5. The molecule has 3 rings (SSSR count). The maximum Gasteiger partial charge on any atom is 0.263 e. The van der Waals surface area contributed by atoms with Crippen molar-refractivity contribution in [2.45, 2.75) is 26.3 Å². The summed E-state index contributed by atoms with van der Waals surface area (Å²) in [5, 5.41) is 9.79. The topological polar surface area (TPSA) is 88.7 Å². The first-order valence-corrected chi connectivity index (χ1v) is 11.5. The first-order valence-electron chi connectivity index (χ1n) is 9.92. The number of anilines is 1. The van der Waals surface area contributed by atoms with Gasteiger partial charge in [0.15, 0.2) is 5.11 Å². The van der Waals surface area contributed by atoms with E-state index in [1.165, 1.54) is 25.6 Å². The first kappa shape index (κ1) is 24.8. The van der Waals surface area contributed by atoms with E-state index in [9.17, 15) is 9.59 Å². The van der Waals surface area contributed by atoms with Crippen molar-refractivity contribution in [3.63, 3.8) is 0 Å². The summed E-state index contributed by atoms with van der Waals surface area (Å²) in [6.45, 7) is 5.70. The lowest BCUT2D eigenvalue weighted by Crippen LogP contribution is -2.40. The standard InChI is InChI=1S/C23H24ClN3O4S2/c1-23(2,3)27-21(29)19-17(24)14-7-6-8-15(18(14)33-19)25-22(32)26-20(28)13-10-9-12(30-4)11-16(13)31-5/h6-11H,1-5H3,(H,27,29)(H2,25,26,28,32). The van der Waals surface area contributed by atoms with E-state index in [-0.39, 0.29) is 11.0 Å². The Labute approximate surface area is 206 Å². The highest BCUT2D eigenvalue weighted by atomic mass is 35.5. The zero-order chi connectivity index (χ0) is 24.3. The van der Waals surface area contributed by atoms with E-state index in [4.69, 9.17) is 33.3 Å². The van der Waals surface area contributed by atoms with Gasteiger partial charge >= 0.3 is 0 Å². The summed E-state index contributed by atoms with van der Waals surface area (Å²) in [7, 11) is 3.00. The third kappa shape index (κ3) is 5.73. The predicted octanol–water partition coefficient (Wildman–Crippen LogP) is 5.23. The molecular formula is C23H24ClN3O4S2. The van der Waals surface area contributed by atoms with Crippen LogP contribution < -0.4 is 25.4 Å². The van der Waals surface area contributed by atoms with E-state index in [0.29, 0.717) is 32.6 Å². The number of carbonyl (C=O) groups is 2. The molecule has 7 nitrogen and oxygen atoms in total. The molecule has 0 aliphatic carbocycles. The number of thiophene rings is 1. The van der Waals surface area contributed by atoms with Crippen LogP contribution in [0.3, 0.4) is 0 Å². The molecule has 0 aliphatic heterocycles. The van der Waals surface area contributed by atoms with Crippen LogP contribution >= 0.6 is 35.2 Å². The summed E-state index contributed by atoms with van der Waals surface area (Å²) in [6.07, 6.45) is 0. The minimum absolute atomic E-state index is 0.0931. The van der Waals surface area contributed by atoms with Crippen molar-refractivity contribution in [1.82, 2.24) is 10.6 Å². The number of carbonyl (C=O) groups excluding carboxylic acids is 2. The van der Waals surface area contributed by atoms with Crippen LogP contribution in [-0.2, 0) is 0 Å². The van der Waals surface area contributed by atoms with Crippen molar-refractivity contribution in [2.24, 2.45) is 0 Å². The third-order valence-electron chi connectivity index (χ3n) is 4.48. The number of ether oxygens (including phenoxy) is 2. The average molecular weight is 506 g/mol. The molecule has 2 aromatic carbocycles. The smallest absolute Gasteiger partial charge is 0.263 e. The lowest BCUT2D eigenvalue weighted by molar-refractivity contribution is 0.0922. The fourth-order valence-corrected chi connectivity index (χ4v) is 4.72. The maximum absolute atomic E-state index is 12.7. The van der Waals surface area contributed by atoms with Crippen molar-refractivity contribution < 1.29 is 19.1 Å². The van der Waals surface area contributed by atoms with Crippen LogP contribution in [0.1, 0.15) is 40.8 Å². The Morgan fingerprint density at radius 1 is 1.06 bits per heavy atom. The number of thiocarbonyl (C=S) groups is 1. The molecule has 174 valence electrons. The van der Waals surface area contributed by atoms with Gasteiger partial charge in [-0.25, -0.2) is 0 Å². The molecular weight excluding hydrogens is 482 g/mol. The molecule has 0 fully saturated rings. The number of amides is 2. The van der Waals surface area contributed by atoms with E-state index < -0.39 is 11.4 Å². The van der Waals surface area contributed by atoms with Crippen LogP contribution in [0.25, 0.3) is 10.1 Å². The fourth-order valence-electron chi connectivity index (χ4n) is 3.04. The molecule has 33 heavy (non-hydrogen) atoms. The van der Waals surface area contributed by atoms with Crippen LogP contribution in [0.15, 0.2) is 36.4 Å². The number of halogens is 1. The van der Waals surface area contributed by atoms with Gasteiger partial charge in [0, 0.05) is 17.0 Å². The van der Waals surface area contributed by atoms with Crippen molar-refractivity contribution in [1.29, 1.82) is 0 Å². The highest BCUT2D eigenvalue weighted by Crippen LogP contribution is 2.39. The Morgan fingerprint density at radius 3 is 2.42 bits per heavy atom. The van der Waals surface area contributed by atoms with Crippen LogP contribution in [-0.4, -0.2) is 36.7 Å². The van der Waals surface area contributed by atoms with E-state index in [2.05, 4.69) is 16.0 Å². The molecule has 0 bridgehead atoms. The quantitative estimate of drug-likeness (QED) is 0.412. The SMILES string of the molecule is COc1ccc(C(=O)NC(=S)Nc2cccc3c(Cl)c(C(=O)NC(C)(C)C)sc23)c(OC)c1. The molecule has 0 saturated carbocycles. The predicted molar refractivity (Wildman–Crippen MR) is 137 cm³/mol. The van der Waals surface area contributed by atoms with Gasteiger partial charge in [0.05, 0.1) is 35.2 Å². The van der Waals surface area contributed by atoms with Crippen LogP contribution in [0.4, 0.5) is 5.69 Å². The Hall–Kier alpha value is -2.88. The van der Waals surface area contributed by atoms with Gasteiger partial charge in [0.1, 0.15) is 16.4 Å². The molecule has 3 N–H and O–H groups in total. The number of methoxy groups -OCH3 is 2. The molecule has 0 unspecified atom stereocenters. The fraction of sp³-hybridized carbons (Fsp3) is 0.261. The molecule has 3 aromatic rings. The number of hydrogen-bond donors (Lipinski definition) is 3. The lowest BCUT2D eigenvalue weighted by atomic mass is 10.1. The summed E-state index contributed by atoms with van der Waals surface area (Å²) >= 11 is 13.1. The van der Waals surface area contributed by atoms with Gasteiger partial charge in [0.25, 0.3) is 11.8 Å². The molecule has 0 spiro atoms. The van der Waals surface area contributed by atoms with E-state index in [1.54, 1.807) is 30.3 Å². The van der Waals surface area contributed by atoms with Gasteiger partial charge in [0.2, 0.25) is 0 Å². The van der Waals surface area contributed by atoms with Crippen LogP contribution in [0.2, 0.25) is 5.02 Å². The zero-order valence-electron chi connectivity index (χ0n) is 18.8. The highest BCUT2D eigenvalue weighted by molar-refractivity contribution is 7.80. The largest absolute Gasteiger partial charge is 0.497 e. The molecule has 1 aromatic heterocycles. The maximum atomic E-state index is 12.7. The van der Waals surface area contributed by atoms with Gasteiger partial charge in [-0.15, -0.1) is 11.3 Å². The summed E-state index contributed by atoms with van der Waals surface area (Å²) in [6, 6.07) is 10.3. The second-order valence-electron chi connectivity index (χ2n) is 8.11. The number of benzene rings is 2. The van der Waals surface area contributed by atoms with E-state index in [1.807, 2.05) is 26.8 Å². The summed E-state index contributed by atoms with van der Waals surface area (Å²) in [4.78, 5) is 25.8. The third-order valence-corrected chi connectivity index (χ3v) is 6.42. The number of nitrogens with one attached hydrogen (secondary N) is 3. The zero-order valence-corrected chi connectivity index (χ0v) is 21.2. The first-order chi connectivity index (χ1) is 15.5. The molecule has 2 amide bonds. The second kappa shape index (κ2) is 9.94. The highest BCUT2D eigenvalue weighted by Gasteiger charge is 2.23. The Kier molecular flexibility index (Phi) is 7.46. The molecule has 0 saturated heterocycles. The Bertz CT molecular complexity index is 1230. The molecule has 0 atom stereocenters. The minimum atomic E-state index is -0.436. The van der Waals surface area contributed by atoms with E-state index >= 15 is 0 Å². The van der Waals surface area contributed by atoms with Crippen LogP contribution in [0, 0.1) is 0 Å². The minimum Gasteiger partial charge on any atom is -0.497 e. The van der Waals surface area contributed by atoms with Gasteiger partial charge < -0.3 is 20.1 Å². The van der Waals surface area contributed by atoms with Crippen molar-refractivity contribution in [2.75, 3.05) is 19.5 Å². The van der Waals surface area contributed by atoms with Crippen molar-refractivity contribution in [3.05, 3.63) is 51.9 Å². The van der Waals surface area contributed by atoms with E-state index in [0.717, 1.165) is 10.1 Å². The number of fused-ring (bicyclic) bond motifs is 1. The normalized spacial score (nSPS) is 11.1. The second-order valence-corrected chi connectivity index (χ2v) is 9.91. The molecule has 1 heterocycles. The summed E-state index contributed by atoms with van der Waals surface area (Å²) in [5.74, 6) is 0.240. The molecule has 0 aliphatic rings. The van der Waals surface area contributed by atoms with Gasteiger partial charge in [-0.1, -0.05) is 23.7 Å². The average Bonchev–Trinajstić information content (AvgIpc) is 3.09. The van der Waals surface area contributed by atoms with Gasteiger partial charge in [-0.2, -0.15) is 0 Å². The van der Waals surface area contributed by atoms with Crippen LogP contribution in [0.5, 0.6) is 11.5 Å². The summed E-state index contributed by atoms with van der Waals surface area (Å²) in [5.41, 5.74) is 0.536. The Morgan fingerprint density at radius 2 is 1.79 bits per heavy atom. The van der Waals surface area contributed by atoms with Gasteiger partial charge in [-0.3, -0.25) is 14.9 Å². The lowest BCUT2D eigenvalue weighted by Gasteiger charge is -2.19. The monoisotopic (exact) mass is 505 g/mol. The van der Waals surface area contributed by atoms with Crippen molar-refractivity contribution in [3.8, 4) is 11.5 Å².